The molecule has 2 rings (SSSR count). The van der Waals surface area contributed by atoms with E-state index >= 15 is 0 Å². The molecule has 1 aliphatic rings. The lowest BCUT2D eigenvalue weighted by Gasteiger charge is -2.31. The molecule has 1 fully saturated rings. The minimum atomic E-state index is -3.40. The molecule has 1 unspecified atom stereocenters. The first kappa shape index (κ1) is 16.7. The molecule has 7 heteroatoms. The van der Waals surface area contributed by atoms with Gasteiger partial charge in [0.2, 0.25) is 10.0 Å². The molecule has 1 aromatic carbocycles. The van der Waals surface area contributed by atoms with Gasteiger partial charge < -0.3 is 5.73 Å². The molecule has 0 aliphatic carbocycles. The van der Waals surface area contributed by atoms with Crippen molar-refractivity contribution in [3.63, 3.8) is 0 Å². The van der Waals surface area contributed by atoms with Crippen LogP contribution in [0.5, 0.6) is 0 Å². The number of hydrogen-bond acceptors (Lipinski definition) is 3. The minimum absolute atomic E-state index is 0. The Morgan fingerprint density at radius 3 is 2.53 bits per heavy atom. The van der Waals surface area contributed by atoms with Gasteiger partial charge in [-0.05, 0) is 49.6 Å². The molecule has 1 aromatic rings. The number of piperidine rings is 1. The summed E-state index contributed by atoms with van der Waals surface area (Å²) in [5, 5.41) is 0.535. The van der Waals surface area contributed by atoms with Crippen molar-refractivity contribution in [2.45, 2.75) is 17.7 Å². The molecule has 1 atom stereocenters. The highest BCUT2D eigenvalue weighted by molar-refractivity contribution is 7.89. The monoisotopic (exact) mass is 324 g/mol. The molecule has 0 spiro atoms. The molecule has 19 heavy (non-hydrogen) atoms. The van der Waals surface area contributed by atoms with Crippen molar-refractivity contribution >= 4 is 34.0 Å². The first-order chi connectivity index (χ1) is 8.54. The maximum atomic E-state index is 12.4. The fourth-order valence-electron chi connectivity index (χ4n) is 2.19. The lowest BCUT2D eigenvalue weighted by atomic mass is 10.0. The maximum Gasteiger partial charge on any atom is 0.243 e. The van der Waals surface area contributed by atoms with E-state index in [0.29, 0.717) is 29.6 Å². The number of rotatable bonds is 3. The summed E-state index contributed by atoms with van der Waals surface area (Å²) in [5.41, 5.74) is 5.63. The Hall–Kier alpha value is -0.330. The quantitative estimate of drug-likeness (QED) is 0.926. The summed E-state index contributed by atoms with van der Waals surface area (Å²) in [6, 6.07) is 6.28. The van der Waals surface area contributed by atoms with E-state index in [9.17, 15) is 8.42 Å². The Morgan fingerprint density at radius 2 is 1.95 bits per heavy atom. The van der Waals surface area contributed by atoms with Crippen LogP contribution in [0.4, 0.5) is 0 Å². The molecule has 0 amide bonds. The zero-order valence-electron chi connectivity index (χ0n) is 10.5. The van der Waals surface area contributed by atoms with Crippen molar-refractivity contribution in [1.82, 2.24) is 4.31 Å². The molecule has 0 saturated carbocycles. The Kier molecular flexibility index (Phi) is 6.08. The Bertz CT molecular complexity index is 505. The molecule has 0 bridgehead atoms. The van der Waals surface area contributed by atoms with Gasteiger partial charge >= 0.3 is 0 Å². The van der Waals surface area contributed by atoms with Crippen molar-refractivity contribution < 1.29 is 8.42 Å². The molecule has 108 valence electrons. The third-order valence-electron chi connectivity index (χ3n) is 3.27. The highest BCUT2D eigenvalue weighted by Crippen LogP contribution is 2.24. The van der Waals surface area contributed by atoms with E-state index in [4.69, 9.17) is 17.3 Å². The van der Waals surface area contributed by atoms with E-state index < -0.39 is 10.0 Å². The summed E-state index contributed by atoms with van der Waals surface area (Å²) in [5.74, 6) is 0.265. The van der Waals surface area contributed by atoms with Crippen LogP contribution in [0.25, 0.3) is 0 Å². The fraction of sp³-hybridized carbons (Fsp3) is 0.500. The van der Waals surface area contributed by atoms with Gasteiger partial charge in [-0.1, -0.05) is 11.6 Å². The van der Waals surface area contributed by atoms with E-state index in [1.807, 2.05) is 0 Å². The van der Waals surface area contributed by atoms with Crippen LogP contribution in [0.2, 0.25) is 5.02 Å². The van der Waals surface area contributed by atoms with Gasteiger partial charge in [0, 0.05) is 18.1 Å². The predicted molar refractivity (Wildman–Crippen MR) is 79.2 cm³/mol. The minimum Gasteiger partial charge on any atom is -0.330 e. The molecule has 4 nitrogen and oxygen atoms in total. The SMILES string of the molecule is Cl.NCC1CCCN(S(=O)(=O)c2ccc(Cl)cc2)C1. The summed E-state index contributed by atoms with van der Waals surface area (Å²) in [4.78, 5) is 0.296. The van der Waals surface area contributed by atoms with Crippen LogP contribution in [0, 0.1) is 5.92 Å². The van der Waals surface area contributed by atoms with Crippen molar-refractivity contribution in [2.75, 3.05) is 19.6 Å². The van der Waals surface area contributed by atoms with Crippen molar-refractivity contribution in [1.29, 1.82) is 0 Å². The summed E-state index contributed by atoms with van der Waals surface area (Å²) < 4.78 is 26.3. The fourth-order valence-corrected chi connectivity index (χ4v) is 3.87. The zero-order chi connectivity index (χ0) is 13.2. The van der Waals surface area contributed by atoms with Gasteiger partial charge in [0.1, 0.15) is 0 Å². The molecule has 1 heterocycles. The normalized spacial score (nSPS) is 20.8. The summed E-state index contributed by atoms with van der Waals surface area (Å²) in [6.07, 6.45) is 1.87. The van der Waals surface area contributed by atoms with Crippen molar-refractivity contribution in [2.24, 2.45) is 11.7 Å². The molecule has 0 radical (unpaired) electrons. The average Bonchev–Trinajstić information content (AvgIpc) is 2.39. The van der Waals surface area contributed by atoms with Gasteiger partial charge in [0.25, 0.3) is 0 Å². The second-order valence-corrected chi connectivity index (χ2v) is 6.94. The van der Waals surface area contributed by atoms with Crippen LogP contribution < -0.4 is 5.73 Å². The third kappa shape index (κ3) is 3.83. The molecular formula is C12H18Cl2N2O2S. The second kappa shape index (κ2) is 6.90. The van der Waals surface area contributed by atoms with Crippen LogP contribution >= 0.6 is 24.0 Å². The molecule has 2 N–H and O–H groups in total. The van der Waals surface area contributed by atoms with Gasteiger partial charge in [-0.3, -0.25) is 0 Å². The standard InChI is InChI=1S/C12H17ClN2O2S.ClH/c13-11-3-5-12(6-4-11)18(16,17)15-7-1-2-10(8-14)9-15;/h3-6,10H,1-2,7-9,14H2;1H. The van der Waals surface area contributed by atoms with Crippen LogP contribution in [-0.4, -0.2) is 32.4 Å². The van der Waals surface area contributed by atoms with E-state index in [1.54, 1.807) is 24.3 Å². The topological polar surface area (TPSA) is 63.4 Å². The largest absolute Gasteiger partial charge is 0.330 e. The van der Waals surface area contributed by atoms with E-state index in [2.05, 4.69) is 0 Å². The van der Waals surface area contributed by atoms with Gasteiger partial charge in [0.05, 0.1) is 4.90 Å². The molecule has 1 aliphatic heterocycles. The number of benzene rings is 1. The number of halogens is 2. The first-order valence-electron chi connectivity index (χ1n) is 6.00. The first-order valence-corrected chi connectivity index (χ1v) is 7.81. The van der Waals surface area contributed by atoms with Crippen LogP contribution in [0.15, 0.2) is 29.2 Å². The Balaban J connectivity index is 0.00000180. The highest BCUT2D eigenvalue weighted by atomic mass is 35.5. The van der Waals surface area contributed by atoms with Gasteiger partial charge in [-0.15, -0.1) is 12.4 Å². The number of hydrogen-bond donors (Lipinski definition) is 1. The predicted octanol–water partition coefficient (Wildman–Crippen LogP) is 2.12. The second-order valence-electron chi connectivity index (χ2n) is 4.56. The number of nitrogens with zero attached hydrogens (tertiary/aromatic N) is 1. The van der Waals surface area contributed by atoms with Gasteiger partial charge in [-0.25, -0.2) is 8.42 Å². The van der Waals surface area contributed by atoms with Gasteiger partial charge in [0.15, 0.2) is 0 Å². The van der Waals surface area contributed by atoms with Crippen molar-refractivity contribution in [3.05, 3.63) is 29.3 Å². The van der Waals surface area contributed by atoms with Crippen molar-refractivity contribution in [3.8, 4) is 0 Å². The Morgan fingerprint density at radius 1 is 1.32 bits per heavy atom. The number of nitrogens with two attached hydrogens (primary N) is 1. The molecule has 1 saturated heterocycles. The van der Waals surface area contributed by atoms with E-state index in [-0.39, 0.29) is 18.3 Å². The highest BCUT2D eigenvalue weighted by Gasteiger charge is 2.29. The summed E-state index contributed by atoms with van der Waals surface area (Å²) in [6.45, 7) is 1.62. The lowest BCUT2D eigenvalue weighted by Crippen LogP contribution is -2.41. The number of sulfonamides is 1. The van der Waals surface area contributed by atoms with Crippen LogP contribution in [0.1, 0.15) is 12.8 Å². The van der Waals surface area contributed by atoms with Crippen LogP contribution in [0.3, 0.4) is 0 Å². The summed E-state index contributed by atoms with van der Waals surface area (Å²) >= 11 is 5.77. The summed E-state index contributed by atoms with van der Waals surface area (Å²) in [7, 11) is -3.40. The van der Waals surface area contributed by atoms with Crippen LogP contribution in [-0.2, 0) is 10.0 Å². The smallest absolute Gasteiger partial charge is 0.243 e. The van der Waals surface area contributed by atoms with E-state index in [1.165, 1.54) is 4.31 Å². The van der Waals surface area contributed by atoms with E-state index in [0.717, 1.165) is 12.8 Å². The lowest BCUT2D eigenvalue weighted by molar-refractivity contribution is 0.271. The average molecular weight is 325 g/mol. The third-order valence-corrected chi connectivity index (χ3v) is 5.40. The molecule has 0 aromatic heterocycles. The zero-order valence-corrected chi connectivity index (χ0v) is 12.8. The molecular weight excluding hydrogens is 307 g/mol. The van der Waals surface area contributed by atoms with Gasteiger partial charge in [-0.2, -0.15) is 4.31 Å². The Labute approximate surface area is 125 Å². The maximum absolute atomic E-state index is 12.4.